The van der Waals surface area contributed by atoms with Crippen LogP contribution in [0.3, 0.4) is 0 Å². The molecular weight excluding hydrogens is 370 g/mol. The van der Waals surface area contributed by atoms with Crippen LogP contribution in [0.5, 0.6) is 11.5 Å². The second kappa shape index (κ2) is 8.43. The first kappa shape index (κ1) is 21.1. The van der Waals surface area contributed by atoms with E-state index in [-0.39, 0.29) is 11.3 Å². The molecular formula is C23H29NO5. The minimum absolute atomic E-state index is 0.0162. The summed E-state index contributed by atoms with van der Waals surface area (Å²) in [4.78, 5) is 14.2. The van der Waals surface area contributed by atoms with E-state index in [1.165, 1.54) is 6.92 Å². The average molecular weight is 399 g/mol. The van der Waals surface area contributed by atoms with Crippen LogP contribution in [0.15, 0.2) is 36.4 Å². The Balaban J connectivity index is 1.94. The summed E-state index contributed by atoms with van der Waals surface area (Å²) in [6.07, 6.45) is -0.390. The van der Waals surface area contributed by atoms with E-state index in [4.69, 9.17) is 18.9 Å². The summed E-state index contributed by atoms with van der Waals surface area (Å²) < 4.78 is 22.5. The van der Waals surface area contributed by atoms with Crippen molar-refractivity contribution in [2.45, 2.75) is 34.0 Å². The smallest absolute Gasteiger partial charge is 0.228 e. The highest BCUT2D eigenvalue weighted by molar-refractivity contribution is 6.00. The average Bonchev–Trinajstić information content (AvgIpc) is 2.69. The van der Waals surface area contributed by atoms with Gasteiger partial charge in [-0.2, -0.15) is 0 Å². The fourth-order valence-electron chi connectivity index (χ4n) is 3.37. The molecule has 0 spiro atoms. The number of carbonyl (C=O) groups excluding carboxylic acids is 1. The summed E-state index contributed by atoms with van der Waals surface area (Å²) in [5.74, 6) is 1.13. The molecule has 1 saturated heterocycles. The maximum atomic E-state index is 12.5. The molecule has 0 aromatic heterocycles. The molecule has 2 aromatic carbocycles. The Labute approximate surface area is 172 Å². The molecule has 6 nitrogen and oxygen atoms in total. The molecule has 0 radical (unpaired) electrons. The van der Waals surface area contributed by atoms with Crippen LogP contribution in [0.4, 0.5) is 11.4 Å². The lowest BCUT2D eigenvalue weighted by Gasteiger charge is -2.35. The predicted molar refractivity (Wildman–Crippen MR) is 112 cm³/mol. The van der Waals surface area contributed by atoms with E-state index in [1.54, 1.807) is 25.2 Å². The third-order valence-corrected chi connectivity index (χ3v) is 4.89. The molecule has 0 bridgehead atoms. The number of anilines is 2. The number of nitrogens with zero attached hydrogens (tertiary/aromatic N) is 1. The number of hydrogen-bond acceptors (Lipinski definition) is 5. The molecule has 1 aliphatic heterocycles. The first-order chi connectivity index (χ1) is 13.7. The molecule has 0 N–H and O–H groups in total. The van der Waals surface area contributed by atoms with Crippen molar-refractivity contribution in [2.75, 3.05) is 32.3 Å². The Bertz CT molecular complexity index is 861. The van der Waals surface area contributed by atoms with Crippen LogP contribution in [-0.4, -0.2) is 33.3 Å². The zero-order valence-electron chi connectivity index (χ0n) is 17.9. The third-order valence-electron chi connectivity index (χ3n) is 4.89. The first-order valence-corrected chi connectivity index (χ1v) is 9.61. The standard InChI is InChI=1S/C23H29NO5/c1-15-9-17(22-28-13-23(3,4)14-29-22)7-8-21(15)24(16(2)25)18-10-19(26-5)12-20(11-18)27-6/h7-12,22H,13-14H2,1-6H3. The minimum Gasteiger partial charge on any atom is -0.497 e. The lowest BCUT2D eigenvalue weighted by molar-refractivity contribution is -0.226. The number of benzene rings is 2. The Kier molecular flexibility index (Phi) is 6.15. The lowest BCUT2D eigenvalue weighted by Crippen LogP contribution is -2.33. The molecule has 2 aromatic rings. The number of methoxy groups -OCH3 is 2. The highest BCUT2D eigenvalue weighted by atomic mass is 16.7. The van der Waals surface area contributed by atoms with Crippen molar-refractivity contribution in [3.63, 3.8) is 0 Å². The lowest BCUT2D eigenvalue weighted by atomic mass is 9.95. The second-order valence-electron chi connectivity index (χ2n) is 8.09. The summed E-state index contributed by atoms with van der Waals surface area (Å²) in [6.45, 7) is 9.02. The molecule has 1 aliphatic rings. The Morgan fingerprint density at radius 3 is 2.10 bits per heavy atom. The SMILES string of the molecule is COc1cc(OC)cc(N(C(C)=O)c2ccc(C3OCC(C)(C)CO3)cc2C)c1. The van der Waals surface area contributed by atoms with Gasteiger partial charge in [-0.05, 0) is 24.6 Å². The Morgan fingerprint density at radius 1 is 1.03 bits per heavy atom. The maximum absolute atomic E-state index is 12.5. The highest BCUT2D eigenvalue weighted by Gasteiger charge is 2.29. The summed E-state index contributed by atoms with van der Waals surface area (Å²) in [6, 6.07) is 11.3. The molecule has 156 valence electrons. The van der Waals surface area contributed by atoms with E-state index in [2.05, 4.69) is 13.8 Å². The van der Waals surface area contributed by atoms with Crippen molar-refractivity contribution in [1.29, 1.82) is 0 Å². The Hall–Kier alpha value is -2.57. The zero-order valence-corrected chi connectivity index (χ0v) is 17.9. The summed E-state index contributed by atoms with van der Waals surface area (Å²) in [7, 11) is 3.17. The van der Waals surface area contributed by atoms with Gasteiger partial charge in [0.05, 0.1) is 38.8 Å². The van der Waals surface area contributed by atoms with Crippen molar-refractivity contribution in [2.24, 2.45) is 5.41 Å². The molecule has 0 unspecified atom stereocenters. The predicted octanol–water partition coefficient (Wildman–Crippen LogP) is 4.77. The monoisotopic (exact) mass is 399 g/mol. The van der Waals surface area contributed by atoms with Gasteiger partial charge in [-0.3, -0.25) is 9.69 Å². The van der Waals surface area contributed by atoms with Crippen molar-refractivity contribution in [3.05, 3.63) is 47.5 Å². The number of amides is 1. The van der Waals surface area contributed by atoms with Gasteiger partial charge in [-0.1, -0.05) is 19.9 Å². The Morgan fingerprint density at radius 2 is 1.62 bits per heavy atom. The van der Waals surface area contributed by atoms with Crippen molar-refractivity contribution < 1.29 is 23.7 Å². The molecule has 6 heteroatoms. The van der Waals surface area contributed by atoms with Gasteiger partial charge in [-0.25, -0.2) is 0 Å². The quantitative estimate of drug-likeness (QED) is 0.725. The zero-order chi connectivity index (χ0) is 21.2. The van der Waals surface area contributed by atoms with Crippen LogP contribution in [0.25, 0.3) is 0 Å². The van der Waals surface area contributed by atoms with Gasteiger partial charge < -0.3 is 18.9 Å². The van der Waals surface area contributed by atoms with Gasteiger partial charge in [0.25, 0.3) is 0 Å². The summed E-state index contributed by atoms with van der Waals surface area (Å²) in [5, 5.41) is 0. The van der Waals surface area contributed by atoms with E-state index in [9.17, 15) is 4.79 Å². The second-order valence-corrected chi connectivity index (χ2v) is 8.09. The van der Waals surface area contributed by atoms with Crippen LogP contribution in [0, 0.1) is 12.3 Å². The fourth-order valence-corrected chi connectivity index (χ4v) is 3.37. The van der Waals surface area contributed by atoms with Gasteiger partial charge in [-0.15, -0.1) is 0 Å². The number of ether oxygens (including phenoxy) is 4. The molecule has 1 heterocycles. The summed E-state index contributed by atoms with van der Waals surface area (Å²) in [5.41, 5.74) is 3.36. The van der Waals surface area contributed by atoms with Gasteiger partial charge in [0.2, 0.25) is 5.91 Å². The maximum Gasteiger partial charge on any atom is 0.228 e. The number of carbonyl (C=O) groups is 1. The fraction of sp³-hybridized carbons (Fsp3) is 0.435. The molecule has 29 heavy (non-hydrogen) atoms. The van der Waals surface area contributed by atoms with E-state index < -0.39 is 6.29 Å². The van der Waals surface area contributed by atoms with Crippen LogP contribution in [0.1, 0.15) is 38.2 Å². The van der Waals surface area contributed by atoms with Gasteiger partial charge in [0.1, 0.15) is 11.5 Å². The van der Waals surface area contributed by atoms with Crippen LogP contribution >= 0.6 is 0 Å². The number of rotatable bonds is 5. The van der Waals surface area contributed by atoms with Crippen molar-refractivity contribution in [3.8, 4) is 11.5 Å². The molecule has 1 amide bonds. The van der Waals surface area contributed by atoms with E-state index >= 15 is 0 Å². The summed E-state index contributed by atoms with van der Waals surface area (Å²) >= 11 is 0. The van der Waals surface area contributed by atoms with Crippen LogP contribution < -0.4 is 14.4 Å². The molecule has 3 rings (SSSR count). The first-order valence-electron chi connectivity index (χ1n) is 9.61. The van der Waals surface area contributed by atoms with Gasteiger partial charge in [0, 0.05) is 36.1 Å². The van der Waals surface area contributed by atoms with Gasteiger partial charge in [0.15, 0.2) is 6.29 Å². The van der Waals surface area contributed by atoms with Gasteiger partial charge >= 0.3 is 0 Å². The van der Waals surface area contributed by atoms with Crippen LogP contribution in [0.2, 0.25) is 0 Å². The number of hydrogen-bond donors (Lipinski definition) is 0. The van der Waals surface area contributed by atoms with E-state index in [0.29, 0.717) is 30.4 Å². The molecule has 0 saturated carbocycles. The van der Waals surface area contributed by atoms with E-state index in [1.807, 2.05) is 37.3 Å². The normalized spacial score (nSPS) is 16.3. The van der Waals surface area contributed by atoms with Crippen molar-refractivity contribution >= 4 is 17.3 Å². The van der Waals surface area contributed by atoms with E-state index in [0.717, 1.165) is 16.8 Å². The third kappa shape index (κ3) is 4.71. The van der Waals surface area contributed by atoms with Crippen LogP contribution in [-0.2, 0) is 14.3 Å². The van der Waals surface area contributed by atoms with Crippen molar-refractivity contribution in [1.82, 2.24) is 0 Å². The molecule has 1 fully saturated rings. The molecule has 0 aliphatic carbocycles. The molecule has 0 atom stereocenters. The topological polar surface area (TPSA) is 57.2 Å². The minimum atomic E-state index is -0.390. The number of aryl methyl sites for hydroxylation is 1. The largest absolute Gasteiger partial charge is 0.497 e. The highest BCUT2D eigenvalue weighted by Crippen LogP contribution is 2.37.